The van der Waals surface area contributed by atoms with Crippen molar-refractivity contribution < 1.29 is 0 Å². The molecule has 0 unspecified atom stereocenters. The van der Waals surface area contributed by atoms with Crippen LogP contribution in [0.25, 0.3) is 99.9 Å². The number of hydrogen-bond donors (Lipinski definition) is 0. The Morgan fingerprint density at radius 2 is 0.839 bits per heavy atom. The van der Waals surface area contributed by atoms with Crippen molar-refractivity contribution in [3.05, 3.63) is 201 Å². The van der Waals surface area contributed by atoms with Gasteiger partial charge in [-0.25, -0.2) is 0 Å². The summed E-state index contributed by atoms with van der Waals surface area (Å²) in [7, 11) is 0. The molecule has 11 rings (SSSR count). The Kier molecular flexibility index (Phi) is 7.42. The van der Waals surface area contributed by atoms with Crippen molar-refractivity contribution in [1.82, 2.24) is 24.1 Å². The van der Waals surface area contributed by atoms with Crippen LogP contribution in [0.5, 0.6) is 0 Å². The molecule has 0 bridgehead atoms. The van der Waals surface area contributed by atoms with E-state index in [2.05, 4.69) is 171 Å². The number of nitrogens with zero attached hydrogens (tertiary/aromatic N) is 5. The first kappa shape index (κ1) is 31.9. The fraction of sp³-hybridized carbons (Fsp3) is 0. The standard InChI is InChI=1S/C51H33N5/c1-2-13-40(14-3-1)55-47-19-5-4-16-42(47)43-32-35(21-23-48(43)55)36-22-24-49-44(33-36)51-50(20-11-27-54-51)56(49)41-15-10-12-34(31-41)37-28-38(45-17-6-8-25-52-45)30-39(29-37)46-18-7-9-26-53-46/h1-33H. The molecule has 11 aromatic rings. The lowest BCUT2D eigenvalue weighted by Gasteiger charge is -2.13. The van der Waals surface area contributed by atoms with E-state index in [1.54, 1.807) is 0 Å². The quantitative estimate of drug-likeness (QED) is 0.172. The van der Waals surface area contributed by atoms with Gasteiger partial charge in [-0.1, -0.05) is 72.8 Å². The summed E-state index contributed by atoms with van der Waals surface area (Å²) in [6.45, 7) is 0. The van der Waals surface area contributed by atoms with Gasteiger partial charge >= 0.3 is 0 Å². The number of pyridine rings is 3. The summed E-state index contributed by atoms with van der Waals surface area (Å²) in [5.74, 6) is 0. The van der Waals surface area contributed by atoms with Crippen molar-refractivity contribution in [2.45, 2.75) is 0 Å². The van der Waals surface area contributed by atoms with E-state index in [0.717, 1.165) is 72.5 Å². The van der Waals surface area contributed by atoms with Crippen molar-refractivity contribution in [3.63, 3.8) is 0 Å². The minimum absolute atomic E-state index is 0.924. The SMILES string of the molecule is c1ccc(-n2c3ccccc3c3cc(-c4ccc5c(c4)c4ncccc4n5-c4cccc(-c5cc(-c6ccccn6)cc(-c6ccccn6)c5)c4)ccc32)cc1. The Bertz CT molecular complexity index is 3180. The van der Waals surface area contributed by atoms with E-state index in [-0.39, 0.29) is 0 Å². The molecule has 0 saturated heterocycles. The second kappa shape index (κ2) is 13.0. The maximum Gasteiger partial charge on any atom is 0.0963 e. The largest absolute Gasteiger partial charge is 0.309 e. The number of aromatic nitrogens is 5. The highest BCUT2D eigenvalue weighted by Gasteiger charge is 2.17. The van der Waals surface area contributed by atoms with Gasteiger partial charge in [-0.3, -0.25) is 15.0 Å². The van der Waals surface area contributed by atoms with Gasteiger partial charge in [0.1, 0.15) is 0 Å². The summed E-state index contributed by atoms with van der Waals surface area (Å²) in [6.07, 6.45) is 5.57. The van der Waals surface area contributed by atoms with Crippen LogP contribution in [-0.4, -0.2) is 24.1 Å². The van der Waals surface area contributed by atoms with Gasteiger partial charge in [0.2, 0.25) is 0 Å². The maximum atomic E-state index is 4.95. The fourth-order valence-electron chi connectivity index (χ4n) is 8.28. The van der Waals surface area contributed by atoms with Gasteiger partial charge in [-0.05, 0) is 131 Å². The first-order chi connectivity index (χ1) is 27.8. The van der Waals surface area contributed by atoms with Crippen LogP contribution >= 0.6 is 0 Å². The summed E-state index contributed by atoms with van der Waals surface area (Å²) in [5.41, 5.74) is 16.2. The zero-order valence-corrected chi connectivity index (χ0v) is 30.3. The van der Waals surface area contributed by atoms with Gasteiger partial charge in [-0.2, -0.15) is 0 Å². The van der Waals surface area contributed by atoms with Crippen molar-refractivity contribution in [2.75, 3.05) is 0 Å². The number of benzene rings is 6. The molecule has 0 N–H and O–H groups in total. The summed E-state index contributed by atoms with van der Waals surface area (Å²) >= 11 is 0. The van der Waals surface area contributed by atoms with Crippen LogP contribution in [0.3, 0.4) is 0 Å². The Morgan fingerprint density at radius 3 is 1.57 bits per heavy atom. The van der Waals surface area contributed by atoms with Crippen LogP contribution < -0.4 is 0 Å². The molecule has 6 aromatic carbocycles. The van der Waals surface area contributed by atoms with Gasteiger partial charge in [0, 0.05) is 57.3 Å². The molecule has 0 fully saturated rings. The van der Waals surface area contributed by atoms with E-state index in [9.17, 15) is 0 Å². The van der Waals surface area contributed by atoms with Gasteiger partial charge < -0.3 is 9.13 Å². The molecule has 5 heteroatoms. The molecule has 0 saturated carbocycles. The maximum absolute atomic E-state index is 4.95. The summed E-state index contributed by atoms with van der Waals surface area (Å²) < 4.78 is 4.70. The van der Waals surface area contributed by atoms with E-state index in [1.807, 2.05) is 48.9 Å². The van der Waals surface area contributed by atoms with Crippen LogP contribution in [-0.2, 0) is 0 Å². The molecular formula is C51H33N5. The van der Waals surface area contributed by atoms with Crippen LogP contribution in [0.2, 0.25) is 0 Å². The van der Waals surface area contributed by atoms with Gasteiger partial charge in [0.05, 0.1) is 39.0 Å². The second-order valence-corrected chi connectivity index (χ2v) is 14.1. The Labute approximate surface area is 323 Å². The fourth-order valence-corrected chi connectivity index (χ4v) is 8.28. The van der Waals surface area contributed by atoms with Crippen molar-refractivity contribution in [3.8, 4) is 56.1 Å². The molecule has 0 radical (unpaired) electrons. The summed E-state index contributed by atoms with van der Waals surface area (Å²) in [5, 5.41) is 3.59. The zero-order valence-electron chi connectivity index (χ0n) is 30.3. The molecule has 0 aliphatic heterocycles. The predicted octanol–water partition coefficient (Wildman–Crippen LogP) is 12.7. The molecular weight excluding hydrogens is 683 g/mol. The van der Waals surface area contributed by atoms with Crippen molar-refractivity contribution in [1.29, 1.82) is 0 Å². The van der Waals surface area contributed by atoms with Crippen LogP contribution in [0.15, 0.2) is 201 Å². The molecule has 262 valence electrons. The van der Waals surface area contributed by atoms with Crippen molar-refractivity contribution >= 4 is 43.7 Å². The van der Waals surface area contributed by atoms with Gasteiger partial charge in [0.15, 0.2) is 0 Å². The minimum Gasteiger partial charge on any atom is -0.309 e. The normalized spacial score (nSPS) is 11.6. The minimum atomic E-state index is 0.924. The van der Waals surface area contributed by atoms with Crippen LogP contribution in [0.4, 0.5) is 0 Å². The van der Waals surface area contributed by atoms with Crippen molar-refractivity contribution in [2.24, 2.45) is 0 Å². The number of rotatable bonds is 6. The lowest BCUT2D eigenvalue weighted by Crippen LogP contribution is -1.95. The van der Waals surface area contributed by atoms with E-state index in [1.165, 1.54) is 27.4 Å². The molecule has 0 amide bonds. The highest BCUT2D eigenvalue weighted by Crippen LogP contribution is 2.39. The number of fused-ring (bicyclic) bond motifs is 6. The molecule has 5 aromatic heterocycles. The smallest absolute Gasteiger partial charge is 0.0963 e. The molecule has 0 aliphatic rings. The summed E-state index contributed by atoms with van der Waals surface area (Å²) in [6, 6.07) is 64.6. The third-order valence-electron chi connectivity index (χ3n) is 10.8. The summed E-state index contributed by atoms with van der Waals surface area (Å²) in [4.78, 5) is 14.3. The monoisotopic (exact) mass is 715 g/mol. The molecule has 5 nitrogen and oxygen atoms in total. The van der Waals surface area contributed by atoms with Gasteiger partial charge in [0.25, 0.3) is 0 Å². The molecule has 0 aliphatic carbocycles. The molecule has 5 heterocycles. The van der Waals surface area contributed by atoms with E-state index in [4.69, 9.17) is 4.98 Å². The van der Waals surface area contributed by atoms with Crippen LogP contribution in [0, 0.1) is 0 Å². The highest BCUT2D eigenvalue weighted by atomic mass is 15.0. The second-order valence-electron chi connectivity index (χ2n) is 14.1. The van der Waals surface area contributed by atoms with E-state index < -0.39 is 0 Å². The topological polar surface area (TPSA) is 48.5 Å². The molecule has 56 heavy (non-hydrogen) atoms. The zero-order chi connectivity index (χ0) is 37.0. The average Bonchev–Trinajstić information content (AvgIpc) is 3.79. The Morgan fingerprint density at radius 1 is 0.286 bits per heavy atom. The lowest BCUT2D eigenvalue weighted by atomic mass is 9.96. The molecule has 0 atom stereocenters. The number of hydrogen-bond acceptors (Lipinski definition) is 3. The number of para-hydroxylation sites is 2. The van der Waals surface area contributed by atoms with E-state index >= 15 is 0 Å². The van der Waals surface area contributed by atoms with Crippen LogP contribution in [0.1, 0.15) is 0 Å². The predicted molar refractivity (Wildman–Crippen MR) is 230 cm³/mol. The lowest BCUT2D eigenvalue weighted by molar-refractivity contribution is 1.18. The Hall–Kier alpha value is -7.63. The first-order valence-electron chi connectivity index (χ1n) is 18.8. The highest BCUT2D eigenvalue weighted by molar-refractivity contribution is 6.12. The Balaban J connectivity index is 1.05. The van der Waals surface area contributed by atoms with E-state index in [0.29, 0.717) is 0 Å². The third-order valence-corrected chi connectivity index (χ3v) is 10.8. The molecule has 0 spiro atoms. The third kappa shape index (κ3) is 5.29. The average molecular weight is 716 g/mol. The first-order valence-corrected chi connectivity index (χ1v) is 18.8. The van der Waals surface area contributed by atoms with Gasteiger partial charge in [-0.15, -0.1) is 0 Å².